The van der Waals surface area contributed by atoms with Crippen molar-refractivity contribution in [3.8, 4) is 11.8 Å². The molecular weight excluding hydrogens is 380 g/mol. The summed E-state index contributed by atoms with van der Waals surface area (Å²) in [6.07, 6.45) is 5.59. The Hall–Kier alpha value is -2.32. The van der Waals surface area contributed by atoms with E-state index in [0.717, 1.165) is 35.0 Å². The molecule has 25 heavy (non-hydrogen) atoms. The van der Waals surface area contributed by atoms with Gasteiger partial charge in [0, 0.05) is 23.2 Å². The van der Waals surface area contributed by atoms with Gasteiger partial charge in [-0.05, 0) is 62.6 Å². The van der Waals surface area contributed by atoms with E-state index in [2.05, 4.69) is 22.0 Å². The molecule has 0 radical (unpaired) electrons. The maximum absolute atomic E-state index is 12.7. The molecule has 1 aromatic heterocycles. The number of aryl methyl sites for hydroxylation is 1. The number of ether oxygens (including phenoxy) is 1. The number of nitriles is 1. The van der Waals surface area contributed by atoms with Crippen molar-refractivity contribution in [3.63, 3.8) is 0 Å². The first-order valence-electron chi connectivity index (χ1n) is 8.18. The fourth-order valence-electron chi connectivity index (χ4n) is 2.95. The zero-order chi connectivity index (χ0) is 18.0. The lowest BCUT2D eigenvalue weighted by Gasteiger charge is -2.31. The lowest BCUT2D eigenvalue weighted by atomic mass is 9.97. The minimum absolute atomic E-state index is 0.0793. The second-order valence-corrected chi connectivity index (χ2v) is 7.39. The summed E-state index contributed by atoms with van der Waals surface area (Å²) in [5.74, 6) is 0.678. The molecule has 0 fully saturated rings. The minimum atomic E-state index is -0.537. The summed E-state index contributed by atoms with van der Waals surface area (Å²) in [6, 6.07) is 11.1. The molecule has 4 nitrogen and oxygen atoms in total. The van der Waals surface area contributed by atoms with E-state index in [1.54, 1.807) is 28.8 Å². The van der Waals surface area contributed by atoms with Gasteiger partial charge in [-0.2, -0.15) is 5.26 Å². The topological polar surface area (TPSA) is 55.0 Å². The Kier molecular flexibility index (Phi) is 4.82. The van der Waals surface area contributed by atoms with E-state index >= 15 is 0 Å². The molecule has 128 valence electrons. The molecule has 0 N–H and O–H groups in total. The van der Waals surface area contributed by atoms with Gasteiger partial charge >= 0.3 is 0 Å². The van der Waals surface area contributed by atoms with Crippen LogP contribution in [0.5, 0.6) is 5.75 Å². The van der Waals surface area contributed by atoms with Gasteiger partial charge in [0.2, 0.25) is 0 Å². The number of aromatic nitrogens is 1. The highest BCUT2D eigenvalue weighted by atomic mass is 79.9. The lowest BCUT2D eigenvalue weighted by molar-refractivity contribution is 0.157. The minimum Gasteiger partial charge on any atom is -0.483 e. The molecule has 0 unspecified atom stereocenters. The monoisotopic (exact) mass is 398 g/mol. The Balaban J connectivity index is 2.11. The summed E-state index contributed by atoms with van der Waals surface area (Å²) < 4.78 is 7.61. The lowest BCUT2D eigenvalue weighted by Crippen LogP contribution is -2.32. The normalized spacial score (nSPS) is 14.9. The van der Waals surface area contributed by atoms with Crippen LogP contribution in [0.2, 0.25) is 0 Å². The fourth-order valence-corrected chi connectivity index (χ4v) is 3.23. The van der Waals surface area contributed by atoms with Gasteiger partial charge in [0.25, 0.3) is 5.56 Å². The van der Waals surface area contributed by atoms with Crippen LogP contribution in [0.1, 0.15) is 37.0 Å². The molecule has 5 heteroatoms. The number of fused-ring (bicyclic) bond motifs is 1. The SMILES string of the molecule is CC1(C)C=C(n2ccc(CCCBr)cc2=O)c2cc(C#N)ccc2O1. The highest BCUT2D eigenvalue weighted by Crippen LogP contribution is 2.36. The maximum atomic E-state index is 12.7. The van der Waals surface area contributed by atoms with E-state index in [0.29, 0.717) is 11.3 Å². The third-order valence-corrected chi connectivity index (χ3v) is 4.65. The Morgan fingerprint density at radius 2 is 2.08 bits per heavy atom. The number of alkyl halides is 1. The quantitative estimate of drug-likeness (QED) is 0.728. The average molecular weight is 399 g/mol. The molecule has 1 aromatic carbocycles. The summed E-state index contributed by atoms with van der Waals surface area (Å²) in [4.78, 5) is 12.7. The van der Waals surface area contributed by atoms with Crippen molar-refractivity contribution in [1.82, 2.24) is 4.57 Å². The van der Waals surface area contributed by atoms with Crippen molar-refractivity contribution in [3.05, 3.63) is 69.6 Å². The molecule has 1 aliphatic heterocycles. The van der Waals surface area contributed by atoms with Crippen LogP contribution in [0.3, 0.4) is 0 Å². The van der Waals surface area contributed by atoms with Gasteiger partial charge in [-0.3, -0.25) is 9.36 Å². The van der Waals surface area contributed by atoms with Gasteiger partial charge in [0.15, 0.2) is 0 Å². The maximum Gasteiger partial charge on any atom is 0.255 e. The van der Waals surface area contributed by atoms with Crippen molar-refractivity contribution < 1.29 is 4.74 Å². The van der Waals surface area contributed by atoms with Gasteiger partial charge in [0.1, 0.15) is 11.4 Å². The van der Waals surface area contributed by atoms with E-state index in [9.17, 15) is 10.1 Å². The van der Waals surface area contributed by atoms with Crippen LogP contribution in [0.25, 0.3) is 5.70 Å². The van der Waals surface area contributed by atoms with E-state index in [4.69, 9.17) is 4.74 Å². The molecule has 3 rings (SSSR count). The molecule has 1 aliphatic rings. The zero-order valence-electron chi connectivity index (χ0n) is 14.3. The number of nitrogens with zero attached hydrogens (tertiary/aromatic N) is 2. The van der Waals surface area contributed by atoms with Crippen LogP contribution in [0, 0.1) is 11.3 Å². The summed E-state index contributed by atoms with van der Waals surface area (Å²) in [5, 5.41) is 10.1. The number of hydrogen-bond donors (Lipinski definition) is 0. The van der Waals surface area contributed by atoms with Gasteiger partial charge in [-0.25, -0.2) is 0 Å². The second kappa shape index (κ2) is 6.89. The Bertz CT molecular complexity index is 935. The molecule has 0 saturated heterocycles. The highest BCUT2D eigenvalue weighted by Gasteiger charge is 2.28. The van der Waals surface area contributed by atoms with E-state index < -0.39 is 5.60 Å². The molecule has 0 bridgehead atoms. The summed E-state index contributed by atoms with van der Waals surface area (Å²) in [7, 11) is 0. The molecule has 0 atom stereocenters. The van der Waals surface area contributed by atoms with Crippen LogP contribution in [-0.2, 0) is 6.42 Å². The van der Waals surface area contributed by atoms with Crippen LogP contribution < -0.4 is 10.3 Å². The van der Waals surface area contributed by atoms with E-state index in [1.165, 1.54) is 0 Å². The molecule has 0 aliphatic carbocycles. The van der Waals surface area contributed by atoms with Gasteiger partial charge < -0.3 is 4.74 Å². The predicted molar refractivity (Wildman–Crippen MR) is 102 cm³/mol. The predicted octanol–water partition coefficient (Wildman–Crippen LogP) is 4.11. The zero-order valence-corrected chi connectivity index (χ0v) is 15.8. The van der Waals surface area contributed by atoms with Crippen LogP contribution in [-0.4, -0.2) is 15.5 Å². The third kappa shape index (κ3) is 3.69. The molecule has 0 spiro atoms. The first-order valence-corrected chi connectivity index (χ1v) is 9.30. The van der Waals surface area contributed by atoms with Gasteiger partial charge in [-0.15, -0.1) is 0 Å². The third-order valence-electron chi connectivity index (χ3n) is 4.08. The first kappa shape index (κ1) is 17.5. The standard InChI is InChI=1S/C20H19BrN2O2/c1-20(2)12-17(16-10-15(13-22)5-6-18(16)25-20)23-9-7-14(4-3-8-21)11-19(23)24/h5-7,9-12H,3-4,8H2,1-2H3. The highest BCUT2D eigenvalue weighted by molar-refractivity contribution is 9.09. The summed E-state index contributed by atoms with van der Waals surface area (Å²) in [6.45, 7) is 3.90. The first-order chi connectivity index (χ1) is 11.9. The Morgan fingerprint density at radius 1 is 1.28 bits per heavy atom. The Morgan fingerprint density at radius 3 is 2.76 bits per heavy atom. The van der Waals surface area contributed by atoms with Crippen LogP contribution >= 0.6 is 15.9 Å². The van der Waals surface area contributed by atoms with Crippen molar-refractivity contribution in [1.29, 1.82) is 5.26 Å². The van der Waals surface area contributed by atoms with Crippen LogP contribution in [0.4, 0.5) is 0 Å². The Labute approximate surface area is 155 Å². The summed E-state index contributed by atoms with van der Waals surface area (Å²) in [5.41, 5.74) is 2.46. The van der Waals surface area contributed by atoms with Crippen molar-refractivity contribution in [2.45, 2.75) is 32.3 Å². The van der Waals surface area contributed by atoms with Gasteiger partial charge in [0.05, 0.1) is 17.3 Å². The van der Waals surface area contributed by atoms with Crippen molar-refractivity contribution in [2.75, 3.05) is 5.33 Å². The van der Waals surface area contributed by atoms with Crippen molar-refractivity contribution in [2.24, 2.45) is 0 Å². The average Bonchev–Trinajstić information content (AvgIpc) is 2.58. The molecule has 2 heterocycles. The summed E-state index contributed by atoms with van der Waals surface area (Å²) >= 11 is 3.41. The van der Waals surface area contributed by atoms with Crippen molar-refractivity contribution >= 4 is 21.6 Å². The molecule has 0 amide bonds. The van der Waals surface area contributed by atoms with E-state index in [1.807, 2.05) is 32.2 Å². The molecule has 0 saturated carbocycles. The number of pyridine rings is 1. The van der Waals surface area contributed by atoms with Crippen LogP contribution in [0.15, 0.2) is 47.4 Å². The smallest absolute Gasteiger partial charge is 0.255 e. The molecular formula is C20H19BrN2O2. The number of hydrogen-bond acceptors (Lipinski definition) is 3. The largest absolute Gasteiger partial charge is 0.483 e. The van der Waals surface area contributed by atoms with Gasteiger partial charge in [-0.1, -0.05) is 15.9 Å². The number of rotatable bonds is 4. The number of benzene rings is 1. The fraction of sp³-hybridized carbons (Fsp3) is 0.300. The second-order valence-electron chi connectivity index (χ2n) is 6.59. The van der Waals surface area contributed by atoms with E-state index in [-0.39, 0.29) is 5.56 Å². The molecule has 2 aromatic rings. The number of halogens is 1.